The summed E-state index contributed by atoms with van der Waals surface area (Å²) in [6.45, 7) is 1.99. The predicted octanol–water partition coefficient (Wildman–Crippen LogP) is 1.91. The first-order valence-corrected chi connectivity index (χ1v) is 6.10. The minimum absolute atomic E-state index is 0.0827. The molecule has 0 bridgehead atoms. The number of hydrogen-bond donors (Lipinski definition) is 1. The third-order valence-corrected chi connectivity index (χ3v) is 2.66. The van der Waals surface area contributed by atoms with Crippen molar-refractivity contribution in [3.63, 3.8) is 0 Å². The largest absolute Gasteiger partial charge is 0.496 e. The molecule has 6 heteroatoms. The van der Waals surface area contributed by atoms with E-state index < -0.39 is 5.97 Å². The summed E-state index contributed by atoms with van der Waals surface area (Å²) in [5.74, 6) is 0.583. The Morgan fingerprint density at radius 2 is 2.10 bits per heavy atom. The van der Waals surface area contributed by atoms with E-state index in [0.29, 0.717) is 17.1 Å². The number of rotatable bonds is 4. The number of aromatic nitrogens is 2. The molecule has 0 saturated heterocycles. The predicted molar refractivity (Wildman–Crippen MR) is 74.4 cm³/mol. The topological polar surface area (TPSA) is 87.3 Å². The molecule has 104 valence electrons. The van der Waals surface area contributed by atoms with Gasteiger partial charge in [0, 0.05) is 6.20 Å². The molecular formula is C14H15N3O3. The van der Waals surface area contributed by atoms with Gasteiger partial charge in [0.2, 0.25) is 0 Å². The summed E-state index contributed by atoms with van der Waals surface area (Å²) in [5.41, 5.74) is 6.65. The Bertz CT molecular complexity index is 629. The molecule has 1 aromatic carbocycles. The Kier molecular flexibility index (Phi) is 4.14. The quantitative estimate of drug-likeness (QED) is 0.856. The van der Waals surface area contributed by atoms with Crippen molar-refractivity contribution >= 4 is 11.8 Å². The molecule has 1 heterocycles. The van der Waals surface area contributed by atoms with Gasteiger partial charge < -0.3 is 15.2 Å². The molecule has 0 aliphatic rings. The number of hydrogen-bond acceptors (Lipinski definition) is 6. The minimum Gasteiger partial charge on any atom is -0.496 e. The van der Waals surface area contributed by atoms with Gasteiger partial charge in [-0.3, -0.25) is 0 Å². The number of nitrogen functional groups attached to an aromatic ring is 1. The van der Waals surface area contributed by atoms with Crippen molar-refractivity contribution < 1.29 is 14.3 Å². The number of nitrogens with zero attached hydrogens (tertiary/aromatic N) is 2. The summed E-state index contributed by atoms with van der Waals surface area (Å²) >= 11 is 0. The van der Waals surface area contributed by atoms with Crippen LogP contribution in [0.3, 0.4) is 0 Å². The van der Waals surface area contributed by atoms with Gasteiger partial charge in [-0.2, -0.15) is 0 Å². The lowest BCUT2D eigenvalue weighted by atomic mass is 10.2. The molecule has 0 aliphatic carbocycles. The van der Waals surface area contributed by atoms with Crippen LogP contribution in [0.25, 0.3) is 11.4 Å². The molecule has 0 amide bonds. The SMILES string of the molecule is CCOC(=O)c1cnc(-c2ccccc2OC)nc1N. The van der Waals surface area contributed by atoms with Gasteiger partial charge in [-0.15, -0.1) is 0 Å². The average molecular weight is 273 g/mol. The van der Waals surface area contributed by atoms with Crippen LogP contribution >= 0.6 is 0 Å². The maximum atomic E-state index is 11.6. The van der Waals surface area contributed by atoms with Crippen molar-refractivity contribution in [2.75, 3.05) is 19.5 Å². The number of carbonyl (C=O) groups excluding carboxylic acids is 1. The van der Waals surface area contributed by atoms with Crippen LogP contribution in [0, 0.1) is 0 Å². The second-order valence-electron chi connectivity index (χ2n) is 3.91. The summed E-state index contributed by atoms with van der Waals surface area (Å²) in [4.78, 5) is 19.9. The van der Waals surface area contributed by atoms with Gasteiger partial charge in [-0.1, -0.05) is 12.1 Å². The van der Waals surface area contributed by atoms with Gasteiger partial charge in [0.25, 0.3) is 0 Å². The summed E-state index contributed by atoms with van der Waals surface area (Å²) in [6.07, 6.45) is 1.36. The molecule has 1 aromatic heterocycles. The van der Waals surface area contributed by atoms with Gasteiger partial charge >= 0.3 is 5.97 Å². The molecule has 20 heavy (non-hydrogen) atoms. The second-order valence-corrected chi connectivity index (χ2v) is 3.91. The Morgan fingerprint density at radius 1 is 1.35 bits per heavy atom. The van der Waals surface area contributed by atoms with Gasteiger partial charge in [0.15, 0.2) is 5.82 Å². The third kappa shape index (κ3) is 2.69. The van der Waals surface area contributed by atoms with Gasteiger partial charge in [-0.25, -0.2) is 14.8 Å². The molecule has 0 spiro atoms. The van der Waals surface area contributed by atoms with Crippen molar-refractivity contribution in [1.29, 1.82) is 0 Å². The third-order valence-electron chi connectivity index (χ3n) is 2.66. The van der Waals surface area contributed by atoms with Gasteiger partial charge in [0.1, 0.15) is 17.1 Å². The summed E-state index contributed by atoms with van der Waals surface area (Å²) in [5, 5.41) is 0. The monoisotopic (exact) mass is 273 g/mol. The molecule has 2 N–H and O–H groups in total. The molecule has 0 unspecified atom stereocenters. The van der Waals surface area contributed by atoms with E-state index in [2.05, 4.69) is 9.97 Å². The first-order chi connectivity index (χ1) is 9.67. The molecule has 0 atom stereocenters. The standard InChI is InChI=1S/C14H15N3O3/c1-3-20-14(18)10-8-16-13(17-12(10)15)9-6-4-5-7-11(9)19-2/h4-8H,3H2,1-2H3,(H2,15,16,17). The molecule has 2 aromatic rings. The maximum Gasteiger partial charge on any atom is 0.343 e. The van der Waals surface area contributed by atoms with Crippen LogP contribution in [0.4, 0.5) is 5.82 Å². The lowest BCUT2D eigenvalue weighted by Crippen LogP contribution is -2.10. The fourth-order valence-corrected chi connectivity index (χ4v) is 1.72. The van der Waals surface area contributed by atoms with Crippen LogP contribution in [-0.2, 0) is 4.74 Å². The van der Waals surface area contributed by atoms with E-state index >= 15 is 0 Å². The van der Waals surface area contributed by atoms with Gasteiger partial charge in [-0.05, 0) is 19.1 Å². The lowest BCUT2D eigenvalue weighted by Gasteiger charge is -2.09. The fourth-order valence-electron chi connectivity index (χ4n) is 1.72. The normalized spacial score (nSPS) is 10.1. The van der Waals surface area contributed by atoms with Crippen molar-refractivity contribution in [2.24, 2.45) is 0 Å². The zero-order valence-electron chi connectivity index (χ0n) is 11.3. The first kappa shape index (κ1) is 13.8. The molecule has 6 nitrogen and oxygen atoms in total. The Morgan fingerprint density at radius 3 is 2.75 bits per heavy atom. The molecule has 0 radical (unpaired) electrons. The number of esters is 1. The number of benzene rings is 1. The zero-order chi connectivity index (χ0) is 14.5. The van der Waals surface area contributed by atoms with E-state index in [1.807, 2.05) is 18.2 Å². The van der Waals surface area contributed by atoms with E-state index in [4.69, 9.17) is 15.2 Å². The summed E-state index contributed by atoms with van der Waals surface area (Å²) < 4.78 is 10.1. The summed E-state index contributed by atoms with van der Waals surface area (Å²) in [7, 11) is 1.56. The van der Waals surface area contributed by atoms with Crippen molar-refractivity contribution in [3.8, 4) is 17.1 Å². The average Bonchev–Trinajstić information content (AvgIpc) is 2.47. The van der Waals surface area contributed by atoms with Crippen molar-refractivity contribution in [3.05, 3.63) is 36.0 Å². The number of para-hydroxylation sites is 1. The van der Waals surface area contributed by atoms with Crippen LogP contribution in [0.15, 0.2) is 30.5 Å². The van der Waals surface area contributed by atoms with Crippen LogP contribution < -0.4 is 10.5 Å². The first-order valence-electron chi connectivity index (χ1n) is 6.10. The zero-order valence-corrected chi connectivity index (χ0v) is 11.3. The van der Waals surface area contributed by atoms with Crippen LogP contribution in [0.2, 0.25) is 0 Å². The van der Waals surface area contributed by atoms with E-state index in [1.165, 1.54) is 6.20 Å². The fraction of sp³-hybridized carbons (Fsp3) is 0.214. The smallest absolute Gasteiger partial charge is 0.343 e. The van der Waals surface area contributed by atoms with E-state index in [9.17, 15) is 4.79 Å². The molecule has 0 aliphatic heterocycles. The van der Waals surface area contributed by atoms with Crippen LogP contribution in [-0.4, -0.2) is 29.7 Å². The van der Waals surface area contributed by atoms with E-state index in [0.717, 1.165) is 0 Å². The molecule has 0 saturated carbocycles. The number of methoxy groups -OCH3 is 1. The highest BCUT2D eigenvalue weighted by molar-refractivity contribution is 5.94. The van der Waals surface area contributed by atoms with E-state index in [-0.39, 0.29) is 18.0 Å². The summed E-state index contributed by atoms with van der Waals surface area (Å²) in [6, 6.07) is 7.31. The van der Waals surface area contributed by atoms with Crippen LogP contribution in [0.1, 0.15) is 17.3 Å². The minimum atomic E-state index is -0.531. The number of anilines is 1. The highest BCUT2D eigenvalue weighted by atomic mass is 16.5. The van der Waals surface area contributed by atoms with E-state index in [1.54, 1.807) is 20.1 Å². The van der Waals surface area contributed by atoms with Gasteiger partial charge in [0.05, 0.1) is 19.3 Å². The highest BCUT2D eigenvalue weighted by Crippen LogP contribution is 2.27. The maximum absolute atomic E-state index is 11.6. The molecule has 0 fully saturated rings. The molecule has 2 rings (SSSR count). The highest BCUT2D eigenvalue weighted by Gasteiger charge is 2.15. The Labute approximate surface area is 116 Å². The number of nitrogens with two attached hydrogens (primary N) is 1. The Hall–Kier alpha value is -2.63. The number of carbonyl (C=O) groups is 1. The number of ether oxygens (including phenoxy) is 2. The van der Waals surface area contributed by atoms with Crippen LogP contribution in [0.5, 0.6) is 5.75 Å². The molecular weight excluding hydrogens is 258 g/mol. The second kappa shape index (κ2) is 6.01. The lowest BCUT2D eigenvalue weighted by molar-refractivity contribution is 0.0527. The van der Waals surface area contributed by atoms with Crippen molar-refractivity contribution in [1.82, 2.24) is 9.97 Å². The van der Waals surface area contributed by atoms with Crippen molar-refractivity contribution in [2.45, 2.75) is 6.92 Å². The Balaban J connectivity index is 2.41.